The van der Waals surface area contributed by atoms with Gasteiger partial charge in [0.05, 0.1) is 69.3 Å². The van der Waals surface area contributed by atoms with E-state index in [2.05, 4.69) is 21.9 Å². The molecular formula is C35H40N4O13S. The second kappa shape index (κ2) is 19.3. The smallest absolute Gasteiger partial charge is 0.411 e. The maximum Gasteiger partial charge on any atom is 0.411 e. The number of nitrogens with zero attached hydrogens (tertiary/aromatic N) is 1. The molecule has 0 unspecified atom stereocenters. The lowest BCUT2D eigenvalue weighted by molar-refractivity contribution is -0.194. The van der Waals surface area contributed by atoms with Gasteiger partial charge in [-0.25, -0.2) is 18.0 Å². The number of benzene rings is 2. The summed E-state index contributed by atoms with van der Waals surface area (Å²) in [7, 11) is 1.56. The fourth-order valence-electron chi connectivity index (χ4n) is 4.72. The van der Waals surface area contributed by atoms with Crippen LogP contribution in [0.3, 0.4) is 0 Å². The van der Waals surface area contributed by atoms with E-state index >= 15 is 0 Å². The van der Waals surface area contributed by atoms with Crippen molar-refractivity contribution in [3.63, 3.8) is 0 Å². The number of imide groups is 1. The first-order chi connectivity index (χ1) is 25.3. The fourth-order valence-corrected chi connectivity index (χ4v) is 5.56. The average Bonchev–Trinajstić information content (AvgIpc) is 3.44. The summed E-state index contributed by atoms with van der Waals surface area (Å²) in [5.41, 5.74) is 0.572. The third-order valence-electron chi connectivity index (χ3n) is 7.19. The maximum absolute atomic E-state index is 13.0. The Labute approximate surface area is 306 Å². The number of nitrogens with one attached hydrogen (secondary N) is 3. The number of amides is 4. The SMILES string of the molecule is C=C/C(C(=O)ON1C(=O)CCC1=O)=C(\C=C/C)CC(=O)NCCOC(=O)Nc1cc(NS(=O)(=O)/C=C/c2c(OC)cc(OC)cc2OC)ccc1OC. The largest absolute Gasteiger partial charge is 0.496 e. The van der Waals surface area contributed by atoms with Crippen LogP contribution >= 0.6 is 0 Å². The summed E-state index contributed by atoms with van der Waals surface area (Å²) in [6.45, 7) is 4.84. The van der Waals surface area contributed by atoms with Crippen molar-refractivity contribution in [2.75, 3.05) is 51.6 Å². The highest BCUT2D eigenvalue weighted by Gasteiger charge is 2.33. The highest BCUT2D eigenvalue weighted by atomic mass is 32.2. The van der Waals surface area contributed by atoms with Gasteiger partial charge in [0, 0.05) is 25.0 Å². The Hall–Kier alpha value is -6.30. The number of carbonyl (C=O) groups excluding carboxylic acids is 5. The van der Waals surface area contributed by atoms with Gasteiger partial charge in [0.25, 0.3) is 21.8 Å². The summed E-state index contributed by atoms with van der Waals surface area (Å²) in [4.78, 5) is 66.6. The highest BCUT2D eigenvalue weighted by Crippen LogP contribution is 2.35. The van der Waals surface area contributed by atoms with E-state index < -0.39 is 39.8 Å². The molecule has 1 aliphatic rings. The van der Waals surface area contributed by atoms with Crippen LogP contribution in [0.15, 0.2) is 71.7 Å². The van der Waals surface area contributed by atoms with E-state index in [4.69, 9.17) is 28.5 Å². The molecule has 3 N–H and O–H groups in total. The van der Waals surface area contributed by atoms with Crippen LogP contribution in [0.5, 0.6) is 23.0 Å². The van der Waals surface area contributed by atoms with Crippen molar-refractivity contribution in [2.24, 2.45) is 0 Å². The van der Waals surface area contributed by atoms with E-state index in [1.165, 1.54) is 58.8 Å². The summed E-state index contributed by atoms with van der Waals surface area (Å²) in [5, 5.41) is 6.33. The summed E-state index contributed by atoms with van der Waals surface area (Å²) >= 11 is 0. The zero-order chi connectivity index (χ0) is 39.1. The third kappa shape index (κ3) is 11.6. The third-order valence-corrected chi connectivity index (χ3v) is 8.20. The summed E-state index contributed by atoms with van der Waals surface area (Å²) in [6.07, 6.45) is 4.07. The second-order valence-corrected chi connectivity index (χ2v) is 12.3. The van der Waals surface area contributed by atoms with Crippen molar-refractivity contribution >= 4 is 57.3 Å². The molecule has 1 fully saturated rings. The number of hydroxylamine groups is 2. The Balaban J connectivity index is 1.60. The highest BCUT2D eigenvalue weighted by molar-refractivity contribution is 7.95. The van der Waals surface area contributed by atoms with Crippen LogP contribution in [0.25, 0.3) is 6.08 Å². The monoisotopic (exact) mass is 756 g/mol. The van der Waals surface area contributed by atoms with Gasteiger partial charge in [-0.05, 0) is 36.8 Å². The molecule has 0 bridgehead atoms. The van der Waals surface area contributed by atoms with Crippen molar-refractivity contribution in [2.45, 2.75) is 26.2 Å². The van der Waals surface area contributed by atoms with E-state index in [0.29, 0.717) is 27.9 Å². The number of methoxy groups -OCH3 is 4. The van der Waals surface area contributed by atoms with Gasteiger partial charge in [-0.3, -0.25) is 24.4 Å². The lowest BCUT2D eigenvalue weighted by atomic mass is 10.0. The molecule has 0 aromatic heterocycles. The van der Waals surface area contributed by atoms with E-state index in [0.717, 1.165) is 11.5 Å². The molecule has 0 atom stereocenters. The number of sulfonamides is 1. The van der Waals surface area contributed by atoms with Gasteiger partial charge in [0.15, 0.2) is 0 Å². The van der Waals surface area contributed by atoms with Gasteiger partial charge < -0.3 is 33.8 Å². The number of anilines is 2. The Kier molecular flexibility index (Phi) is 15.0. The van der Waals surface area contributed by atoms with Crippen molar-refractivity contribution in [3.05, 3.63) is 77.3 Å². The lowest BCUT2D eigenvalue weighted by Gasteiger charge is -2.15. The van der Waals surface area contributed by atoms with Gasteiger partial charge >= 0.3 is 12.1 Å². The molecule has 53 heavy (non-hydrogen) atoms. The topological polar surface area (TPSA) is 214 Å². The number of carbonyl (C=O) groups is 5. The van der Waals surface area contributed by atoms with Crippen LogP contribution in [0.2, 0.25) is 0 Å². The number of hydrogen-bond donors (Lipinski definition) is 3. The van der Waals surface area contributed by atoms with Crippen LogP contribution in [-0.2, 0) is 38.8 Å². The molecule has 0 aliphatic carbocycles. The van der Waals surface area contributed by atoms with Crippen LogP contribution in [0.4, 0.5) is 16.2 Å². The predicted molar refractivity (Wildman–Crippen MR) is 192 cm³/mol. The summed E-state index contributed by atoms with van der Waals surface area (Å²) in [6, 6.07) is 7.31. The van der Waals surface area contributed by atoms with Crippen molar-refractivity contribution < 1.29 is 60.9 Å². The quantitative estimate of drug-likeness (QED) is 0.0854. The zero-order valence-corrected chi connectivity index (χ0v) is 30.5. The predicted octanol–water partition coefficient (Wildman–Crippen LogP) is 3.85. The van der Waals surface area contributed by atoms with Crippen LogP contribution < -0.4 is 34.3 Å². The molecule has 1 heterocycles. The molecule has 3 rings (SSSR count). The Bertz CT molecular complexity index is 1900. The molecular weight excluding hydrogens is 716 g/mol. The normalized spacial score (nSPS) is 13.3. The number of hydrogen-bond acceptors (Lipinski definition) is 13. The second-order valence-electron chi connectivity index (χ2n) is 10.7. The van der Waals surface area contributed by atoms with E-state index in [-0.39, 0.29) is 60.7 Å². The zero-order valence-electron chi connectivity index (χ0n) is 29.7. The summed E-state index contributed by atoms with van der Waals surface area (Å²) in [5.74, 6) is -1.64. The molecule has 0 radical (unpaired) electrons. The molecule has 0 spiro atoms. The van der Waals surface area contributed by atoms with Gasteiger partial charge in [-0.2, -0.15) is 0 Å². The van der Waals surface area contributed by atoms with E-state index in [1.807, 2.05) is 0 Å². The van der Waals surface area contributed by atoms with Gasteiger partial charge in [0.1, 0.15) is 29.6 Å². The first kappa shape index (κ1) is 41.1. The van der Waals surface area contributed by atoms with E-state index in [1.54, 1.807) is 25.1 Å². The minimum Gasteiger partial charge on any atom is -0.496 e. The number of allylic oxidation sites excluding steroid dienone is 2. The maximum atomic E-state index is 13.0. The average molecular weight is 757 g/mol. The van der Waals surface area contributed by atoms with Crippen molar-refractivity contribution in [1.29, 1.82) is 0 Å². The Morgan fingerprint density at radius 1 is 0.925 bits per heavy atom. The van der Waals surface area contributed by atoms with Crippen molar-refractivity contribution in [1.82, 2.24) is 10.4 Å². The fraction of sp³-hybridized carbons (Fsp3) is 0.286. The minimum absolute atomic E-state index is 0.0755. The first-order valence-electron chi connectivity index (χ1n) is 15.7. The van der Waals surface area contributed by atoms with Gasteiger partial charge in [-0.15, -0.1) is 5.06 Å². The molecule has 2 aromatic carbocycles. The Morgan fingerprint density at radius 3 is 2.13 bits per heavy atom. The molecule has 4 amide bonds. The molecule has 18 heteroatoms. The minimum atomic E-state index is -4.09. The van der Waals surface area contributed by atoms with Crippen molar-refractivity contribution in [3.8, 4) is 23.0 Å². The van der Waals surface area contributed by atoms with Crippen LogP contribution in [-0.4, -0.2) is 84.9 Å². The standard InChI is InChI=1S/C35H40N4O13S/c1-7-9-22(25(8-2)34(43)52-39-32(41)12-13-33(39)42)18-31(40)36-15-16-51-35(44)37-27-19-23(10-11-28(27)48-4)38-53(45,46)17-14-26-29(49-5)20-24(47-3)21-30(26)50-6/h7-11,14,17,19-21,38H,2,12-13,15-16,18H2,1,3-6H3,(H,36,40)(H,37,44)/b9-7-,17-14+,25-22-. The molecule has 2 aromatic rings. The number of ether oxygens (including phenoxy) is 5. The molecule has 0 saturated carbocycles. The first-order valence-corrected chi connectivity index (χ1v) is 17.3. The van der Waals surface area contributed by atoms with Gasteiger partial charge in [-0.1, -0.05) is 24.8 Å². The molecule has 1 saturated heterocycles. The van der Waals surface area contributed by atoms with Gasteiger partial charge in [0.2, 0.25) is 5.91 Å². The number of rotatable bonds is 18. The van der Waals surface area contributed by atoms with Crippen LogP contribution in [0.1, 0.15) is 31.7 Å². The molecule has 284 valence electrons. The Morgan fingerprint density at radius 2 is 1.57 bits per heavy atom. The van der Waals surface area contributed by atoms with E-state index in [9.17, 15) is 32.4 Å². The van der Waals surface area contributed by atoms with Crippen LogP contribution in [0, 0.1) is 0 Å². The molecule has 17 nitrogen and oxygen atoms in total. The summed E-state index contributed by atoms with van der Waals surface area (Å²) < 4.78 is 54.6. The lowest BCUT2D eigenvalue weighted by Crippen LogP contribution is -2.33. The molecule has 1 aliphatic heterocycles.